The minimum absolute atomic E-state index is 0.0468. The van der Waals surface area contributed by atoms with Gasteiger partial charge in [0.25, 0.3) is 0 Å². The zero-order valence-corrected chi connectivity index (χ0v) is 14.4. The van der Waals surface area contributed by atoms with Gasteiger partial charge in [0, 0.05) is 39.6 Å². The Morgan fingerprint density at radius 2 is 1.84 bits per heavy atom. The smallest absolute Gasteiger partial charge is 0.357 e. The van der Waals surface area contributed by atoms with Gasteiger partial charge in [-0.25, -0.2) is 4.99 Å². The third-order valence-electron chi connectivity index (χ3n) is 4.03. The van der Waals surface area contributed by atoms with Crippen LogP contribution in [-0.4, -0.2) is 54.4 Å². The summed E-state index contributed by atoms with van der Waals surface area (Å²) in [5.74, 6) is 0.702. The van der Waals surface area contributed by atoms with Crippen LogP contribution < -0.4 is 5.32 Å². The molecule has 1 heterocycles. The van der Waals surface area contributed by atoms with Gasteiger partial charge in [-0.2, -0.15) is 13.2 Å². The molecule has 1 aromatic rings. The van der Waals surface area contributed by atoms with Crippen LogP contribution in [-0.2, 0) is 17.5 Å². The van der Waals surface area contributed by atoms with E-state index in [0.29, 0.717) is 44.2 Å². The number of aliphatic imine (C=N–C) groups is 1. The molecule has 5 nitrogen and oxygen atoms in total. The number of piperazine rings is 1. The van der Waals surface area contributed by atoms with Crippen molar-refractivity contribution in [3.63, 3.8) is 0 Å². The van der Waals surface area contributed by atoms with Crippen LogP contribution in [0.3, 0.4) is 0 Å². The minimum atomic E-state index is -4.35. The molecule has 0 aliphatic carbocycles. The predicted octanol–water partition coefficient (Wildman–Crippen LogP) is 2.34. The van der Waals surface area contributed by atoms with Crippen LogP contribution in [0.1, 0.15) is 25.0 Å². The number of nitrogens with one attached hydrogen (secondary N) is 1. The monoisotopic (exact) mass is 356 g/mol. The molecule has 1 aromatic carbocycles. The Labute approximate surface area is 145 Å². The Balaban J connectivity index is 2.06. The molecule has 1 aliphatic heterocycles. The Morgan fingerprint density at radius 1 is 1.20 bits per heavy atom. The highest BCUT2D eigenvalue weighted by molar-refractivity contribution is 5.80. The summed E-state index contributed by atoms with van der Waals surface area (Å²) in [5, 5.41) is 3.16. The van der Waals surface area contributed by atoms with Crippen molar-refractivity contribution in [1.29, 1.82) is 0 Å². The van der Waals surface area contributed by atoms with Crippen LogP contribution in [0, 0.1) is 0 Å². The van der Waals surface area contributed by atoms with Gasteiger partial charge in [-0.05, 0) is 24.6 Å². The molecule has 0 aromatic heterocycles. The second kappa shape index (κ2) is 8.22. The molecule has 1 N–H and O–H groups in total. The molecule has 1 aliphatic rings. The first kappa shape index (κ1) is 19.1. The Hall–Kier alpha value is -2.25. The number of alkyl halides is 3. The van der Waals surface area contributed by atoms with Crippen molar-refractivity contribution in [2.24, 2.45) is 4.99 Å². The Bertz CT molecular complexity index is 623. The molecule has 25 heavy (non-hydrogen) atoms. The summed E-state index contributed by atoms with van der Waals surface area (Å²) < 4.78 is 38.4. The summed E-state index contributed by atoms with van der Waals surface area (Å²) in [7, 11) is 0. The molecule has 0 unspecified atom stereocenters. The fraction of sp³-hybridized carbons (Fsp3) is 0.529. The fourth-order valence-corrected chi connectivity index (χ4v) is 2.67. The van der Waals surface area contributed by atoms with Crippen molar-refractivity contribution in [3.8, 4) is 0 Å². The maximum absolute atomic E-state index is 12.8. The van der Waals surface area contributed by atoms with E-state index in [1.54, 1.807) is 17.9 Å². The number of hydrogen-bond acceptors (Lipinski definition) is 2. The van der Waals surface area contributed by atoms with Gasteiger partial charge in [0.1, 0.15) is 0 Å². The molecule has 1 fully saturated rings. The average molecular weight is 356 g/mol. The second-order valence-corrected chi connectivity index (χ2v) is 5.86. The molecule has 0 atom stereocenters. The molecule has 1 amide bonds. The number of hydrogen-bond donors (Lipinski definition) is 1. The van der Waals surface area contributed by atoms with Crippen LogP contribution in [0.5, 0.6) is 0 Å². The van der Waals surface area contributed by atoms with E-state index in [1.165, 1.54) is 6.07 Å². The molecule has 0 radical (unpaired) electrons. The third kappa shape index (κ3) is 5.37. The van der Waals surface area contributed by atoms with E-state index in [4.69, 9.17) is 0 Å². The summed E-state index contributed by atoms with van der Waals surface area (Å²) in [6.45, 7) is 6.83. The second-order valence-electron chi connectivity index (χ2n) is 5.86. The largest absolute Gasteiger partial charge is 0.416 e. The molecular weight excluding hydrogens is 333 g/mol. The standard InChI is InChI=1S/C17H23F3N4O/c1-3-21-16(24-9-7-23(8-10-24)13(2)25)22-12-14-5-4-6-15(11-14)17(18,19)20/h4-6,11H,3,7-10,12H2,1-2H3,(H,21,22). The summed E-state index contributed by atoms with van der Waals surface area (Å²) in [6.07, 6.45) is -4.35. The molecule has 0 spiro atoms. The maximum Gasteiger partial charge on any atom is 0.416 e. The first-order chi connectivity index (χ1) is 11.8. The molecule has 2 rings (SSSR count). The van der Waals surface area contributed by atoms with Gasteiger partial charge in [-0.3, -0.25) is 4.79 Å². The Morgan fingerprint density at radius 3 is 2.40 bits per heavy atom. The molecule has 1 saturated heterocycles. The predicted molar refractivity (Wildman–Crippen MR) is 90.1 cm³/mol. The average Bonchev–Trinajstić information content (AvgIpc) is 2.58. The first-order valence-corrected chi connectivity index (χ1v) is 8.26. The van der Waals surface area contributed by atoms with Crippen molar-refractivity contribution in [2.45, 2.75) is 26.6 Å². The maximum atomic E-state index is 12.8. The number of halogens is 3. The molecule has 0 bridgehead atoms. The molecule has 0 saturated carbocycles. The topological polar surface area (TPSA) is 47.9 Å². The lowest BCUT2D eigenvalue weighted by molar-refractivity contribution is -0.137. The number of rotatable bonds is 3. The fourth-order valence-electron chi connectivity index (χ4n) is 2.67. The highest BCUT2D eigenvalue weighted by Crippen LogP contribution is 2.29. The van der Waals surface area contributed by atoms with E-state index < -0.39 is 11.7 Å². The first-order valence-electron chi connectivity index (χ1n) is 8.26. The van der Waals surface area contributed by atoms with Crippen LogP contribution in [0.15, 0.2) is 29.3 Å². The van der Waals surface area contributed by atoms with Crippen molar-refractivity contribution in [1.82, 2.24) is 15.1 Å². The van der Waals surface area contributed by atoms with E-state index in [9.17, 15) is 18.0 Å². The zero-order chi connectivity index (χ0) is 18.4. The van der Waals surface area contributed by atoms with Gasteiger partial charge in [-0.15, -0.1) is 0 Å². The normalized spacial score (nSPS) is 16.1. The van der Waals surface area contributed by atoms with Crippen LogP contribution >= 0.6 is 0 Å². The summed E-state index contributed by atoms with van der Waals surface area (Å²) in [4.78, 5) is 19.7. The van der Waals surface area contributed by atoms with Gasteiger partial charge >= 0.3 is 6.18 Å². The molecule has 138 valence electrons. The quantitative estimate of drug-likeness (QED) is 0.668. The van der Waals surface area contributed by atoms with Crippen LogP contribution in [0.2, 0.25) is 0 Å². The number of benzene rings is 1. The lowest BCUT2D eigenvalue weighted by Gasteiger charge is -2.36. The van der Waals surface area contributed by atoms with Gasteiger partial charge in [0.2, 0.25) is 5.91 Å². The van der Waals surface area contributed by atoms with Gasteiger partial charge in [0.05, 0.1) is 12.1 Å². The lowest BCUT2D eigenvalue weighted by atomic mass is 10.1. The Kier molecular flexibility index (Phi) is 6.27. The van der Waals surface area contributed by atoms with E-state index >= 15 is 0 Å². The van der Waals surface area contributed by atoms with Crippen molar-refractivity contribution in [3.05, 3.63) is 35.4 Å². The summed E-state index contributed by atoms with van der Waals surface area (Å²) in [6, 6.07) is 5.21. The number of guanidine groups is 1. The van der Waals surface area contributed by atoms with Gasteiger partial charge < -0.3 is 15.1 Å². The van der Waals surface area contributed by atoms with Crippen LogP contribution in [0.4, 0.5) is 13.2 Å². The molecular formula is C17H23F3N4O. The van der Waals surface area contributed by atoms with E-state index in [2.05, 4.69) is 10.3 Å². The van der Waals surface area contributed by atoms with Crippen LogP contribution in [0.25, 0.3) is 0 Å². The summed E-state index contributed by atoms with van der Waals surface area (Å²) in [5.41, 5.74) is -0.159. The SMILES string of the molecule is CCNC(=NCc1cccc(C(F)(F)F)c1)N1CCN(C(C)=O)CC1. The van der Waals surface area contributed by atoms with E-state index in [1.807, 2.05) is 11.8 Å². The lowest BCUT2D eigenvalue weighted by Crippen LogP contribution is -2.53. The molecule has 8 heteroatoms. The number of nitrogens with zero attached hydrogens (tertiary/aromatic N) is 3. The van der Waals surface area contributed by atoms with Crippen molar-refractivity contribution in [2.75, 3.05) is 32.7 Å². The highest BCUT2D eigenvalue weighted by Gasteiger charge is 2.30. The summed E-state index contributed by atoms with van der Waals surface area (Å²) >= 11 is 0. The number of carbonyl (C=O) groups is 1. The minimum Gasteiger partial charge on any atom is -0.357 e. The van der Waals surface area contributed by atoms with Crippen molar-refractivity contribution < 1.29 is 18.0 Å². The van der Waals surface area contributed by atoms with Gasteiger partial charge in [-0.1, -0.05) is 12.1 Å². The third-order valence-corrected chi connectivity index (χ3v) is 4.03. The van der Waals surface area contributed by atoms with E-state index in [0.717, 1.165) is 12.1 Å². The number of amides is 1. The van der Waals surface area contributed by atoms with E-state index in [-0.39, 0.29) is 12.5 Å². The number of carbonyl (C=O) groups excluding carboxylic acids is 1. The van der Waals surface area contributed by atoms with Gasteiger partial charge in [0.15, 0.2) is 5.96 Å². The highest BCUT2D eigenvalue weighted by atomic mass is 19.4. The van der Waals surface area contributed by atoms with Crippen molar-refractivity contribution >= 4 is 11.9 Å². The zero-order valence-electron chi connectivity index (χ0n) is 14.4.